The molecule has 2 aromatic rings. The van der Waals surface area contributed by atoms with Gasteiger partial charge in [0, 0.05) is 56.4 Å². The molecule has 1 atom stereocenters. The molecule has 3 heterocycles. The van der Waals surface area contributed by atoms with E-state index in [4.69, 9.17) is 0 Å². The molecule has 140 valence electrons. The number of hydrogen-bond donors (Lipinski definition) is 3. The fourth-order valence-electron chi connectivity index (χ4n) is 4.04. The first-order valence-electron chi connectivity index (χ1n) is 9.83. The van der Waals surface area contributed by atoms with E-state index >= 15 is 0 Å². The van der Waals surface area contributed by atoms with Gasteiger partial charge < -0.3 is 20.9 Å². The van der Waals surface area contributed by atoms with Crippen LogP contribution in [0.1, 0.15) is 25.3 Å². The fourth-order valence-corrected chi connectivity index (χ4v) is 4.04. The Morgan fingerprint density at radius 3 is 2.93 bits per heavy atom. The highest BCUT2D eigenvalue weighted by Gasteiger charge is 2.46. The Balaban J connectivity index is 1.32. The van der Waals surface area contributed by atoms with Crippen LogP contribution in [0.15, 0.2) is 54.3 Å². The van der Waals surface area contributed by atoms with Crippen LogP contribution in [-0.2, 0) is 6.54 Å². The highest BCUT2D eigenvalue weighted by molar-refractivity contribution is 5.74. The van der Waals surface area contributed by atoms with Crippen molar-refractivity contribution in [1.82, 2.24) is 30.8 Å². The van der Waals surface area contributed by atoms with Crippen LogP contribution in [0.3, 0.4) is 0 Å². The van der Waals surface area contributed by atoms with Gasteiger partial charge in [0.05, 0.1) is 22.4 Å². The van der Waals surface area contributed by atoms with Crippen molar-refractivity contribution in [2.45, 2.75) is 37.9 Å². The molecule has 6 heteroatoms. The average Bonchev–Trinajstić information content (AvgIpc) is 3.45. The van der Waals surface area contributed by atoms with E-state index in [0.717, 1.165) is 37.2 Å². The van der Waals surface area contributed by atoms with E-state index in [0.29, 0.717) is 11.6 Å². The van der Waals surface area contributed by atoms with Gasteiger partial charge in [-0.25, -0.2) is 0 Å². The number of rotatable bonds is 4. The van der Waals surface area contributed by atoms with E-state index in [2.05, 4.69) is 62.2 Å². The maximum atomic E-state index is 4.41. The van der Waals surface area contributed by atoms with E-state index < -0.39 is 0 Å². The summed E-state index contributed by atoms with van der Waals surface area (Å²) < 4.78 is 0. The zero-order valence-corrected chi connectivity index (χ0v) is 15.7. The minimum Gasteiger partial charge on any atom is -0.383 e. The Morgan fingerprint density at radius 2 is 2.07 bits per heavy atom. The van der Waals surface area contributed by atoms with Gasteiger partial charge in [-0.2, -0.15) is 0 Å². The smallest absolute Gasteiger partial charge is 0.0890 e. The summed E-state index contributed by atoms with van der Waals surface area (Å²) in [6, 6.07) is 6.63. The van der Waals surface area contributed by atoms with Crippen LogP contribution in [0.25, 0.3) is 11.0 Å². The first-order chi connectivity index (χ1) is 13.2. The standard InChI is InChI=1S/C21H26N6/c1-15-10-20(27-9-8-26-21(14-27)4-5-21)19(13-24-15)25-12-16-2-3-17-18(11-16)23-7-6-22-17/h2-3,6-7,10-11,13,15,24-26H,4-5,8-9,12,14H2,1H3. The molecule has 1 aliphatic carbocycles. The van der Waals surface area contributed by atoms with E-state index in [1.165, 1.54) is 29.8 Å². The highest BCUT2D eigenvalue weighted by atomic mass is 15.3. The molecule has 1 aromatic carbocycles. The molecule has 5 rings (SSSR count). The lowest BCUT2D eigenvalue weighted by Gasteiger charge is -2.39. The molecular formula is C21H26N6. The summed E-state index contributed by atoms with van der Waals surface area (Å²) in [7, 11) is 0. The summed E-state index contributed by atoms with van der Waals surface area (Å²) in [5, 5.41) is 10.8. The summed E-state index contributed by atoms with van der Waals surface area (Å²) in [5.41, 5.74) is 5.95. The van der Waals surface area contributed by atoms with Crippen LogP contribution < -0.4 is 16.0 Å². The molecule has 1 saturated carbocycles. The number of benzene rings is 1. The fraction of sp³-hybridized carbons (Fsp3) is 0.429. The topological polar surface area (TPSA) is 65.1 Å². The van der Waals surface area contributed by atoms with E-state index in [1.807, 2.05) is 6.07 Å². The molecule has 1 saturated heterocycles. The van der Waals surface area contributed by atoms with Crippen molar-refractivity contribution in [3.63, 3.8) is 0 Å². The highest BCUT2D eigenvalue weighted by Crippen LogP contribution is 2.39. The van der Waals surface area contributed by atoms with Gasteiger partial charge >= 0.3 is 0 Å². The van der Waals surface area contributed by atoms with E-state index in [-0.39, 0.29) is 0 Å². The van der Waals surface area contributed by atoms with Crippen LogP contribution in [0.4, 0.5) is 0 Å². The lowest BCUT2D eigenvalue weighted by atomic mass is 10.1. The Labute approximate surface area is 159 Å². The number of piperazine rings is 1. The Bertz CT molecular complexity index is 914. The van der Waals surface area contributed by atoms with Gasteiger partial charge in [-0.1, -0.05) is 6.07 Å². The van der Waals surface area contributed by atoms with Crippen molar-refractivity contribution in [2.24, 2.45) is 0 Å². The number of hydrogen-bond acceptors (Lipinski definition) is 6. The Morgan fingerprint density at radius 1 is 1.22 bits per heavy atom. The predicted molar refractivity (Wildman–Crippen MR) is 107 cm³/mol. The summed E-state index contributed by atoms with van der Waals surface area (Å²) in [6.07, 6.45) is 10.5. The van der Waals surface area contributed by atoms with Crippen LogP contribution in [0.2, 0.25) is 0 Å². The number of nitrogens with one attached hydrogen (secondary N) is 3. The number of dihydropyridines is 1. The number of aromatic nitrogens is 2. The molecule has 0 radical (unpaired) electrons. The molecular weight excluding hydrogens is 336 g/mol. The molecule has 27 heavy (non-hydrogen) atoms. The van der Waals surface area contributed by atoms with Crippen molar-refractivity contribution in [3.05, 3.63) is 59.8 Å². The summed E-state index contributed by atoms with van der Waals surface area (Å²) in [6.45, 7) is 6.20. The van der Waals surface area contributed by atoms with Gasteiger partial charge in [0.1, 0.15) is 0 Å². The van der Waals surface area contributed by atoms with Crippen molar-refractivity contribution >= 4 is 11.0 Å². The first-order valence-corrected chi connectivity index (χ1v) is 9.83. The largest absolute Gasteiger partial charge is 0.383 e. The third-order valence-corrected chi connectivity index (χ3v) is 5.76. The van der Waals surface area contributed by atoms with Gasteiger partial charge in [0.25, 0.3) is 0 Å². The van der Waals surface area contributed by atoms with Gasteiger partial charge in [0.2, 0.25) is 0 Å². The molecule has 1 aromatic heterocycles. The SMILES string of the molecule is CC1C=C(N2CCNC3(CC3)C2)C(NCc2ccc3nccnc3c2)=CN1. The first kappa shape index (κ1) is 16.6. The maximum Gasteiger partial charge on any atom is 0.0890 e. The molecule has 1 spiro atoms. The van der Waals surface area contributed by atoms with Crippen molar-refractivity contribution < 1.29 is 0 Å². The molecule has 0 bridgehead atoms. The van der Waals surface area contributed by atoms with Crippen molar-refractivity contribution in [3.8, 4) is 0 Å². The van der Waals surface area contributed by atoms with E-state index in [9.17, 15) is 0 Å². The lowest BCUT2D eigenvalue weighted by Crippen LogP contribution is -2.53. The monoisotopic (exact) mass is 362 g/mol. The Hall–Kier alpha value is -2.60. The van der Waals surface area contributed by atoms with E-state index in [1.54, 1.807) is 12.4 Å². The summed E-state index contributed by atoms with van der Waals surface area (Å²) in [4.78, 5) is 11.3. The molecule has 2 fully saturated rings. The summed E-state index contributed by atoms with van der Waals surface area (Å²) >= 11 is 0. The van der Waals surface area contributed by atoms with Crippen LogP contribution >= 0.6 is 0 Å². The lowest BCUT2D eigenvalue weighted by molar-refractivity contribution is 0.233. The van der Waals surface area contributed by atoms with Crippen LogP contribution in [0, 0.1) is 0 Å². The number of nitrogens with zero attached hydrogens (tertiary/aromatic N) is 3. The second-order valence-electron chi connectivity index (χ2n) is 7.93. The molecule has 6 nitrogen and oxygen atoms in total. The minimum absolute atomic E-state index is 0.353. The molecule has 0 amide bonds. The number of fused-ring (bicyclic) bond motifs is 1. The minimum atomic E-state index is 0.353. The zero-order chi connectivity index (χ0) is 18.3. The molecule has 3 aliphatic rings. The van der Waals surface area contributed by atoms with Crippen LogP contribution in [-0.4, -0.2) is 46.1 Å². The average molecular weight is 362 g/mol. The second-order valence-corrected chi connectivity index (χ2v) is 7.93. The van der Waals surface area contributed by atoms with Gasteiger partial charge in [-0.15, -0.1) is 0 Å². The second kappa shape index (κ2) is 6.53. The Kier molecular flexibility index (Phi) is 4.01. The third-order valence-electron chi connectivity index (χ3n) is 5.76. The van der Waals surface area contributed by atoms with Crippen LogP contribution in [0.5, 0.6) is 0 Å². The molecule has 1 unspecified atom stereocenters. The third kappa shape index (κ3) is 3.37. The summed E-state index contributed by atoms with van der Waals surface area (Å²) in [5.74, 6) is 0. The molecule has 3 N–H and O–H groups in total. The quantitative estimate of drug-likeness (QED) is 0.772. The van der Waals surface area contributed by atoms with Crippen molar-refractivity contribution in [2.75, 3.05) is 19.6 Å². The van der Waals surface area contributed by atoms with Crippen molar-refractivity contribution in [1.29, 1.82) is 0 Å². The van der Waals surface area contributed by atoms with Gasteiger partial charge in [0.15, 0.2) is 0 Å². The van der Waals surface area contributed by atoms with Gasteiger partial charge in [-0.05, 0) is 43.5 Å². The zero-order valence-electron chi connectivity index (χ0n) is 15.7. The maximum absolute atomic E-state index is 4.41. The molecule has 2 aliphatic heterocycles. The van der Waals surface area contributed by atoms with Gasteiger partial charge in [-0.3, -0.25) is 9.97 Å². The predicted octanol–water partition coefficient (Wildman–Crippen LogP) is 1.87. The normalized spacial score (nSPS) is 23.6.